The van der Waals surface area contributed by atoms with Crippen LogP contribution in [0.4, 0.5) is 10.6 Å². The molecule has 0 bridgehead atoms. The van der Waals surface area contributed by atoms with Crippen LogP contribution >= 0.6 is 0 Å². The molecule has 4 N–H and O–H groups in total. The van der Waals surface area contributed by atoms with Gasteiger partial charge in [0.2, 0.25) is 0 Å². The van der Waals surface area contributed by atoms with Crippen LogP contribution in [0.15, 0.2) is 125 Å². The van der Waals surface area contributed by atoms with Gasteiger partial charge in [-0.05, 0) is 79.4 Å². The van der Waals surface area contributed by atoms with E-state index in [1.54, 1.807) is 47.1 Å². The number of amides is 1. The largest absolute Gasteiger partial charge is 0.497 e. The van der Waals surface area contributed by atoms with Crippen molar-refractivity contribution in [2.75, 3.05) is 33.7 Å². The number of aromatic nitrogens is 4. The molecule has 0 spiro atoms. The zero-order chi connectivity index (χ0) is 47.5. The first-order chi connectivity index (χ1) is 32.2. The van der Waals surface area contributed by atoms with Gasteiger partial charge in [0.25, 0.3) is 0 Å². The van der Waals surface area contributed by atoms with Gasteiger partial charge in [0.15, 0.2) is 23.8 Å². The van der Waals surface area contributed by atoms with E-state index in [4.69, 9.17) is 43.3 Å². The fourth-order valence-corrected chi connectivity index (χ4v) is 8.13. The molecule has 4 heterocycles. The Bertz CT molecular complexity index is 2870. The van der Waals surface area contributed by atoms with Crippen molar-refractivity contribution in [3.05, 3.63) is 148 Å². The highest BCUT2D eigenvalue weighted by molar-refractivity contribution is 5.85. The van der Waals surface area contributed by atoms with E-state index in [1.807, 2.05) is 78.9 Å². The zero-order valence-corrected chi connectivity index (χ0v) is 37.6. The molecule has 4 aromatic carbocycles. The van der Waals surface area contributed by atoms with E-state index in [2.05, 4.69) is 20.3 Å². The maximum Gasteiger partial charge on any atom is 0.408 e. The van der Waals surface area contributed by atoms with Gasteiger partial charge in [-0.1, -0.05) is 54.6 Å². The number of fused-ring (bicyclic) bond motifs is 2. The molecule has 0 radical (unpaired) electrons. The van der Waals surface area contributed by atoms with Crippen molar-refractivity contribution in [3.63, 3.8) is 0 Å². The first kappa shape index (κ1) is 46.0. The predicted octanol–water partition coefficient (Wildman–Crippen LogP) is 5.86. The Kier molecular flexibility index (Phi) is 13.1. The fourth-order valence-electron chi connectivity index (χ4n) is 8.13. The number of anilines is 1. The fraction of sp³-hybridized carbons (Fsp3) is 0.306. The van der Waals surface area contributed by atoms with Crippen molar-refractivity contribution in [1.29, 1.82) is 0 Å². The number of nitrogens with two attached hydrogens (primary N) is 1. The second kappa shape index (κ2) is 19.1. The average Bonchev–Trinajstić information content (AvgIpc) is 3.89. The lowest BCUT2D eigenvalue weighted by Crippen LogP contribution is -2.48. The Hall–Kier alpha value is -7.54. The molecule has 1 aliphatic rings. The van der Waals surface area contributed by atoms with Crippen molar-refractivity contribution in [1.82, 2.24) is 24.8 Å². The molecule has 1 saturated heterocycles. The molecule has 5 atom stereocenters. The number of nitrogen functional groups attached to an aromatic ring is 1. The number of esters is 1. The zero-order valence-electron chi connectivity index (χ0n) is 37.6. The summed E-state index contributed by atoms with van der Waals surface area (Å²) in [5.41, 5.74) is 6.43. The summed E-state index contributed by atoms with van der Waals surface area (Å²) in [5.74, 6) is 0.782. The molecular formula is C49H50N6O12. The molecule has 0 saturated carbocycles. The topological polar surface area (TPSA) is 231 Å². The first-order valence-electron chi connectivity index (χ1n) is 21.3. The Labute approximate surface area is 384 Å². The Morgan fingerprint density at radius 3 is 2.09 bits per heavy atom. The maximum absolute atomic E-state index is 14.7. The second-order valence-electron chi connectivity index (χ2n) is 16.7. The lowest BCUT2D eigenvalue weighted by Gasteiger charge is -2.37. The molecule has 0 aliphatic carbocycles. The lowest BCUT2D eigenvalue weighted by molar-refractivity contribution is -0.161. The smallest absolute Gasteiger partial charge is 0.408 e. The van der Waals surface area contributed by atoms with E-state index in [-0.39, 0.29) is 35.6 Å². The third-order valence-electron chi connectivity index (χ3n) is 11.3. The number of benzene rings is 4. The number of nitrogens with zero attached hydrogens (tertiary/aromatic N) is 4. The van der Waals surface area contributed by atoms with E-state index in [0.29, 0.717) is 28.2 Å². The highest BCUT2D eigenvalue weighted by atomic mass is 16.6. The van der Waals surface area contributed by atoms with Crippen LogP contribution in [-0.2, 0) is 35.8 Å². The molecule has 1 amide bonds. The number of ether oxygens (including phenoxy) is 7. The summed E-state index contributed by atoms with van der Waals surface area (Å²) in [4.78, 5) is 53.8. The minimum absolute atomic E-state index is 0.0844. The van der Waals surface area contributed by atoms with Crippen molar-refractivity contribution in [2.45, 2.75) is 69.0 Å². The van der Waals surface area contributed by atoms with Gasteiger partial charge in [-0.2, -0.15) is 0 Å². The third kappa shape index (κ3) is 9.58. The summed E-state index contributed by atoms with van der Waals surface area (Å²) in [6, 6.07) is 29.1. The van der Waals surface area contributed by atoms with Gasteiger partial charge in [-0.3, -0.25) is 4.57 Å². The van der Waals surface area contributed by atoms with Crippen LogP contribution in [-0.4, -0.2) is 94.6 Å². The summed E-state index contributed by atoms with van der Waals surface area (Å²) >= 11 is 0. The minimum atomic E-state index is -1.56. The van der Waals surface area contributed by atoms with Crippen molar-refractivity contribution >= 4 is 40.0 Å². The molecule has 1 fully saturated rings. The van der Waals surface area contributed by atoms with Crippen LogP contribution in [0.1, 0.15) is 49.3 Å². The number of imidazole rings is 1. The monoisotopic (exact) mass is 914 g/mol. The van der Waals surface area contributed by atoms with E-state index in [9.17, 15) is 19.5 Å². The molecule has 3 aromatic heterocycles. The normalized spacial score (nSPS) is 17.8. The summed E-state index contributed by atoms with van der Waals surface area (Å²) in [6.45, 7) is 4.74. The summed E-state index contributed by atoms with van der Waals surface area (Å²) in [6.07, 6.45) is -4.05. The molecule has 1 unspecified atom stereocenters. The number of carbonyl (C=O) groups is 2. The van der Waals surface area contributed by atoms with Crippen LogP contribution in [0, 0.1) is 0 Å². The third-order valence-corrected chi connectivity index (χ3v) is 11.3. The van der Waals surface area contributed by atoms with Crippen LogP contribution in [0.3, 0.4) is 0 Å². The van der Waals surface area contributed by atoms with Crippen molar-refractivity contribution in [3.8, 4) is 17.2 Å². The Balaban J connectivity index is 1.18. The molecular weight excluding hydrogens is 865 g/mol. The lowest BCUT2D eigenvalue weighted by atomic mass is 9.80. The molecule has 18 nitrogen and oxygen atoms in total. The van der Waals surface area contributed by atoms with Gasteiger partial charge in [-0.15, -0.1) is 0 Å². The van der Waals surface area contributed by atoms with E-state index in [1.165, 1.54) is 36.5 Å². The minimum Gasteiger partial charge on any atom is -0.497 e. The number of methoxy groups -OCH3 is 3. The Morgan fingerprint density at radius 1 is 0.836 bits per heavy atom. The van der Waals surface area contributed by atoms with Crippen LogP contribution in [0.2, 0.25) is 0 Å². The Morgan fingerprint density at radius 2 is 1.46 bits per heavy atom. The van der Waals surface area contributed by atoms with E-state index in [0.717, 1.165) is 16.7 Å². The highest BCUT2D eigenvalue weighted by Crippen LogP contribution is 2.43. The molecule has 8 rings (SSSR count). The van der Waals surface area contributed by atoms with Crippen LogP contribution < -0.4 is 30.9 Å². The number of hydrogen-bond acceptors (Lipinski definition) is 16. The van der Waals surface area contributed by atoms with Gasteiger partial charge >= 0.3 is 17.7 Å². The summed E-state index contributed by atoms with van der Waals surface area (Å²) in [7, 11) is 4.63. The average molecular weight is 915 g/mol. The number of aliphatic hydroxyl groups is 1. The number of aliphatic hydroxyl groups excluding tert-OH is 1. The van der Waals surface area contributed by atoms with Gasteiger partial charge in [0.1, 0.15) is 64.1 Å². The number of carbonyl (C=O) groups excluding carboxylic acids is 2. The van der Waals surface area contributed by atoms with Gasteiger partial charge < -0.3 is 53.7 Å². The van der Waals surface area contributed by atoms with Crippen molar-refractivity contribution in [2.24, 2.45) is 0 Å². The van der Waals surface area contributed by atoms with Crippen LogP contribution in [0.5, 0.6) is 17.2 Å². The van der Waals surface area contributed by atoms with E-state index < -0.39 is 59.5 Å². The molecule has 348 valence electrons. The van der Waals surface area contributed by atoms with E-state index >= 15 is 0 Å². The van der Waals surface area contributed by atoms with Gasteiger partial charge in [-0.25, -0.2) is 29.3 Å². The number of hydrogen-bond donors (Lipinski definition) is 3. The number of nitrogens with one attached hydrogen (secondary N) is 1. The molecule has 1 aliphatic heterocycles. The standard InChI is InChI=1S/C49H50N6O12/c1-48(2,3)67-47(59)54-36(22-28-23-39(56)64-37-24-34(62-6)20-21-35(28)37)46(58)66-42-41(57)38(65-45(42)55-27-53-40-43(50)51-26-52-44(40)55)25-63-49(29-10-8-7-9-11-29,30-12-16-32(60-4)17-13-30)31-14-18-33(61-5)19-15-31/h7-21,23-24,26-27,36,38,41-42,45,57H,22,25H2,1-6H3,(H,54,59)(H2,50,51,52)/t36?,38-,41-,42+,45-/m0/s1. The molecule has 67 heavy (non-hydrogen) atoms. The number of rotatable bonds is 15. The summed E-state index contributed by atoms with van der Waals surface area (Å²) < 4.78 is 48.8. The SMILES string of the molecule is COc1ccc(C(OC[C@@H]2O[C@H](n3cnc4c(N)ncnc43)[C@H](OC(=O)C(Cc3cc(=O)oc4cc(OC)ccc34)NC(=O)OC(C)(C)C)[C@H]2O)(c2ccccc2)c2ccc(OC)cc2)cc1. The predicted molar refractivity (Wildman–Crippen MR) is 244 cm³/mol. The molecule has 18 heteroatoms. The maximum atomic E-state index is 14.7. The number of alkyl carbamates (subject to hydrolysis) is 1. The van der Waals surface area contributed by atoms with Crippen LogP contribution in [0.25, 0.3) is 22.1 Å². The summed E-state index contributed by atoms with van der Waals surface area (Å²) in [5, 5.41) is 15.5. The highest BCUT2D eigenvalue weighted by Gasteiger charge is 2.50. The first-order valence-corrected chi connectivity index (χ1v) is 21.3. The molecule has 7 aromatic rings. The van der Waals surface area contributed by atoms with Crippen molar-refractivity contribution < 1.29 is 52.3 Å². The van der Waals surface area contributed by atoms with Gasteiger partial charge in [0.05, 0.1) is 34.3 Å². The quantitative estimate of drug-likeness (QED) is 0.0622. The van der Waals surface area contributed by atoms with Gasteiger partial charge in [0, 0.05) is 23.9 Å². The second-order valence-corrected chi connectivity index (χ2v) is 16.7.